The fourth-order valence-corrected chi connectivity index (χ4v) is 4.41. The molecule has 10 nitrogen and oxygen atoms in total. The van der Waals surface area contributed by atoms with E-state index in [1.54, 1.807) is 25.8 Å². The van der Waals surface area contributed by atoms with E-state index in [2.05, 4.69) is 27.0 Å². The summed E-state index contributed by atoms with van der Waals surface area (Å²) in [5.74, 6) is 3.15. The van der Waals surface area contributed by atoms with Crippen molar-refractivity contribution in [1.29, 1.82) is 0 Å². The van der Waals surface area contributed by atoms with Gasteiger partial charge < -0.3 is 23.3 Å². The van der Waals surface area contributed by atoms with Crippen LogP contribution in [0, 0.1) is 0 Å². The minimum absolute atomic E-state index is 0.161. The van der Waals surface area contributed by atoms with Crippen LogP contribution in [0.3, 0.4) is 0 Å². The average Bonchev–Trinajstić information content (AvgIpc) is 3.57. The lowest BCUT2D eigenvalue weighted by atomic mass is 10.2. The van der Waals surface area contributed by atoms with Gasteiger partial charge in [0, 0.05) is 58.0 Å². The number of pyridine rings is 1. The highest BCUT2D eigenvalue weighted by Crippen LogP contribution is 2.31. The zero-order chi connectivity index (χ0) is 24.9. The van der Waals surface area contributed by atoms with Crippen molar-refractivity contribution in [3.8, 4) is 28.6 Å². The van der Waals surface area contributed by atoms with Crippen LogP contribution < -0.4 is 9.47 Å². The third-order valence-electron chi connectivity index (χ3n) is 6.45. The lowest BCUT2D eigenvalue weighted by Crippen LogP contribution is -2.48. The van der Waals surface area contributed by atoms with E-state index in [1.165, 1.54) is 0 Å². The Morgan fingerprint density at radius 1 is 1.06 bits per heavy atom. The molecule has 10 heteroatoms. The second-order valence-corrected chi connectivity index (χ2v) is 8.84. The molecule has 0 saturated carbocycles. The van der Waals surface area contributed by atoms with Gasteiger partial charge in [-0.15, -0.1) is 10.2 Å². The first kappa shape index (κ1) is 23.8. The molecule has 0 radical (unpaired) electrons. The van der Waals surface area contributed by atoms with Gasteiger partial charge in [0.1, 0.15) is 23.3 Å². The number of amides is 1. The molecule has 1 aromatic carbocycles. The Morgan fingerprint density at radius 2 is 1.83 bits per heavy atom. The maximum Gasteiger partial charge on any atom is 0.219 e. The molecule has 4 aromatic rings. The minimum Gasteiger partial charge on any atom is -0.494 e. The molecule has 1 amide bonds. The molecule has 5 rings (SSSR count). The minimum atomic E-state index is 0.161. The smallest absolute Gasteiger partial charge is 0.219 e. The van der Waals surface area contributed by atoms with Crippen LogP contribution in [0.15, 0.2) is 55.4 Å². The number of hydrogen-bond acceptors (Lipinski definition) is 7. The Morgan fingerprint density at radius 3 is 2.58 bits per heavy atom. The van der Waals surface area contributed by atoms with Crippen molar-refractivity contribution in [2.75, 3.05) is 39.3 Å². The predicted octanol–water partition coefficient (Wildman–Crippen LogP) is 3.34. The van der Waals surface area contributed by atoms with Gasteiger partial charge in [-0.05, 0) is 43.7 Å². The maximum absolute atomic E-state index is 11.5. The Balaban J connectivity index is 1.17. The molecule has 0 N–H and O–H groups in total. The molecule has 36 heavy (non-hydrogen) atoms. The summed E-state index contributed by atoms with van der Waals surface area (Å²) < 4.78 is 16.1. The molecule has 0 bridgehead atoms. The first-order chi connectivity index (χ1) is 17.6. The molecular weight excluding hydrogens is 458 g/mol. The van der Waals surface area contributed by atoms with Crippen LogP contribution in [0.4, 0.5) is 0 Å². The fraction of sp³-hybridized carbons (Fsp3) is 0.385. The molecule has 188 valence electrons. The van der Waals surface area contributed by atoms with Crippen molar-refractivity contribution in [2.45, 2.75) is 26.8 Å². The number of nitrogens with zero attached hydrogens (tertiary/aromatic N) is 7. The second kappa shape index (κ2) is 10.8. The molecule has 1 aliphatic rings. The summed E-state index contributed by atoms with van der Waals surface area (Å²) in [6, 6.07) is 9.63. The van der Waals surface area contributed by atoms with Crippen LogP contribution >= 0.6 is 0 Å². The number of hydrogen-bond donors (Lipinski definition) is 0. The molecule has 0 spiro atoms. The average molecular weight is 490 g/mol. The van der Waals surface area contributed by atoms with Gasteiger partial charge in [-0.25, -0.2) is 4.98 Å². The second-order valence-electron chi connectivity index (χ2n) is 8.84. The van der Waals surface area contributed by atoms with E-state index < -0.39 is 0 Å². The van der Waals surface area contributed by atoms with Crippen LogP contribution in [0.25, 0.3) is 16.9 Å². The molecule has 1 saturated heterocycles. The van der Waals surface area contributed by atoms with E-state index in [4.69, 9.17) is 9.47 Å². The lowest BCUT2D eigenvalue weighted by molar-refractivity contribution is -0.130. The molecule has 0 unspecified atom stereocenters. The Labute approximate surface area is 210 Å². The van der Waals surface area contributed by atoms with E-state index in [1.807, 2.05) is 50.4 Å². The standard InChI is InChI=1S/C26H31N7O3/c1-3-31-19-28-29-26(31)21-15-25(24-16-27-18-33(24)17-21)36-23-7-5-22(6-8-23)35-14-4-9-30-10-12-32(13-11-30)20(2)34/h5-8,15-19H,3-4,9-14H2,1-2H3. The normalized spacial score (nSPS) is 14.3. The monoisotopic (exact) mass is 489 g/mol. The maximum atomic E-state index is 11.5. The summed E-state index contributed by atoms with van der Waals surface area (Å²) in [5.41, 5.74) is 1.77. The highest BCUT2D eigenvalue weighted by atomic mass is 16.5. The van der Waals surface area contributed by atoms with Crippen LogP contribution in [-0.2, 0) is 11.3 Å². The first-order valence-corrected chi connectivity index (χ1v) is 12.3. The SMILES string of the molecule is CCn1cnnc1-c1cc(Oc2ccc(OCCCN3CCN(C(C)=O)CC3)cc2)c2cncn2c1. The van der Waals surface area contributed by atoms with E-state index in [-0.39, 0.29) is 5.91 Å². The molecular formula is C26H31N7O3. The zero-order valence-electron chi connectivity index (χ0n) is 20.7. The van der Waals surface area contributed by atoms with Crippen LogP contribution in [0.2, 0.25) is 0 Å². The zero-order valence-corrected chi connectivity index (χ0v) is 20.7. The summed E-state index contributed by atoms with van der Waals surface area (Å²) >= 11 is 0. The molecule has 1 fully saturated rings. The topological polar surface area (TPSA) is 90.0 Å². The van der Waals surface area contributed by atoms with E-state index in [0.717, 1.165) is 68.3 Å². The van der Waals surface area contributed by atoms with E-state index >= 15 is 0 Å². The molecule has 0 atom stereocenters. The molecule has 3 aromatic heterocycles. The van der Waals surface area contributed by atoms with Gasteiger partial charge >= 0.3 is 0 Å². The quantitative estimate of drug-likeness (QED) is 0.333. The van der Waals surface area contributed by atoms with Crippen LogP contribution in [0.5, 0.6) is 17.2 Å². The number of carbonyl (C=O) groups is 1. The van der Waals surface area contributed by atoms with Crippen LogP contribution in [-0.4, -0.2) is 79.2 Å². The van der Waals surface area contributed by atoms with Crippen molar-refractivity contribution < 1.29 is 14.3 Å². The number of aryl methyl sites for hydroxylation is 1. The summed E-state index contributed by atoms with van der Waals surface area (Å²) in [4.78, 5) is 20.0. The van der Waals surface area contributed by atoms with Crippen molar-refractivity contribution in [2.24, 2.45) is 0 Å². The number of aromatic nitrogens is 5. The fourth-order valence-electron chi connectivity index (χ4n) is 4.41. The largest absolute Gasteiger partial charge is 0.494 e. The van der Waals surface area contributed by atoms with E-state index in [9.17, 15) is 4.79 Å². The number of fused-ring (bicyclic) bond motifs is 1. The van der Waals surface area contributed by atoms with Gasteiger partial charge in [-0.3, -0.25) is 9.69 Å². The van der Waals surface area contributed by atoms with Crippen LogP contribution in [0.1, 0.15) is 20.3 Å². The number of carbonyl (C=O) groups excluding carboxylic acids is 1. The Hall–Kier alpha value is -3.92. The summed E-state index contributed by atoms with van der Waals surface area (Å²) in [6.07, 6.45) is 8.17. The highest BCUT2D eigenvalue weighted by Gasteiger charge is 2.18. The van der Waals surface area contributed by atoms with Gasteiger partial charge in [0.05, 0.1) is 19.1 Å². The van der Waals surface area contributed by atoms with Gasteiger partial charge in [-0.1, -0.05) is 0 Å². The van der Waals surface area contributed by atoms with Crippen molar-refractivity contribution in [1.82, 2.24) is 33.9 Å². The number of benzene rings is 1. The van der Waals surface area contributed by atoms with Gasteiger partial charge in [0.15, 0.2) is 11.6 Å². The van der Waals surface area contributed by atoms with Crippen molar-refractivity contribution in [3.63, 3.8) is 0 Å². The first-order valence-electron chi connectivity index (χ1n) is 12.3. The molecule has 1 aliphatic heterocycles. The number of imidazole rings is 1. The molecule has 4 heterocycles. The van der Waals surface area contributed by atoms with Crippen molar-refractivity contribution >= 4 is 11.4 Å². The summed E-state index contributed by atoms with van der Waals surface area (Å²) in [5, 5.41) is 8.32. The third-order valence-corrected chi connectivity index (χ3v) is 6.45. The van der Waals surface area contributed by atoms with E-state index in [0.29, 0.717) is 18.1 Å². The molecule has 0 aliphatic carbocycles. The Kier molecular flexibility index (Phi) is 7.13. The van der Waals surface area contributed by atoms with Gasteiger partial charge in [0.2, 0.25) is 5.91 Å². The lowest BCUT2D eigenvalue weighted by Gasteiger charge is -2.34. The summed E-state index contributed by atoms with van der Waals surface area (Å²) in [7, 11) is 0. The predicted molar refractivity (Wildman–Crippen MR) is 135 cm³/mol. The summed E-state index contributed by atoms with van der Waals surface area (Å²) in [6.45, 7) is 9.55. The number of ether oxygens (including phenoxy) is 2. The Bertz CT molecular complexity index is 1310. The highest BCUT2D eigenvalue weighted by molar-refractivity contribution is 5.73. The number of piperazine rings is 1. The number of rotatable bonds is 9. The van der Waals surface area contributed by atoms with Gasteiger partial charge in [-0.2, -0.15) is 0 Å². The third kappa shape index (κ3) is 5.33. The van der Waals surface area contributed by atoms with Gasteiger partial charge in [0.25, 0.3) is 0 Å². The van der Waals surface area contributed by atoms with Crippen molar-refractivity contribution in [3.05, 3.63) is 55.4 Å².